The van der Waals surface area contributed by atoms with E-state index >= 15 is 0 Å². The number of aryl methyl sites for hydroxylation is 2. The molecule has 2 aliphatic rings. The van der Waals surface area contributed by atoms with Crippen LogP contribution < -0.4 is 4.74 Å². The molecule has 0 aliphatic heterocycles. The number of carbonyl (C=O) groups excluding carboxylic acids is 1. The summed E-state index contributed by atoms with van der Waals surface area (Å²) in [5, 5.41) is 8.50. The number of carbonyl (C=O) groups is 1. The van der Waals surface area contributed by atoms with Gasteiger partial charge in [-0.3, -0.25) is 0 Å². The molecule has 0 radical (unpaired) electrons. The Kier molecular flexibility index (Phi) is 6.49. The number of rotatable bonds is 7. The van der Waals surface area contributed by atoms with E-state index in [0.717, 1.165) is 41.1 Å². The number of benzene rings is 1. The molecule has 0 bridgehead atoms. The lowest BCUT2D eigenvalue weighted by molar-refractivity contribution is 0.0883. The minimum atomic E-state index is -0.307. The highest BCUT2D eigenvalue weighted by atomic mass is 16.6. The molecule has 2 saturated carbocycles. The predicted molar refractivity (Wildman–Crippen MR) is 119 cm³/mol. The Labute approximate surface area is 184 Å². The predicted octanol–water partition coefficient (Wildman–Crippen LogP) is 4.87. The quantitative estimate of drug-likeness (QED) is 0.632. The van der Waals surface area contributed by atoms with Gasteiger partial charge in [-0.2, -0.15) is 0 Å². The molecule has 0 N–H and O–H groups in total. The minimum absolute atomic E-state index is 0.138. The zero-order valence-corrected chi connectivity index (χ0v) is 19.1. The van der Waals surface area contributed by atoms with Gasteiger partial charge in [0.25, 0.3) is 0 Å². The maximum atomic E-state index is 12.5. The molecular weight excluding hydrogens is 392 g/mol. The number of hydrogen-bond donors (Lipinski definition) is 0. The summed E-state index contributed by atoms with van der Waals surface area (Å²) in [6.07, 6.45) is 8.47. The molecule has 0 unspecified atom stereocenters. The number of amides is 1. The van der Waals surface area contributed by atoms with Gasteiger partial charge in [-0.05, 0) is 82.1 Å². The topological polar surface area (TPSA) is 69.5 Å². The van der Waals surface area contributed by atoms with Gasteiger partial charge in [0.15, 0.2) is 0 Å². The van der Waals surface area contributed by atoms with Crippen LogP contribution >= 0.6 is 0 Å². The van der Waals surface area contributed by atoms with Gasteiger partial charge in [-0.25, -0.2) is 9.48 Å². The van der Waals surface area contributed by atoms with Crippen molar-refractivity contribution < 1.29 is 14.3 Å². The van der Waals surface area contributed by atoms with Crippen LogP contribution in [0.25, 0.3) is 11.3 Å². The smallest absolute Gasteiger partial charge is 0.410 e. The molecule has 1 amide bonds. The Morgan fingerprint density at radius 3 is 2.65 bits per heavy atom. The summed E-state index contributed by atoms with van der Waals surface area (Å²) in [6, 6.07) is 6.32. The highest BCUT2D eigenvalue weighted by Gasteiger charge is 2.33. The van der Waals surface area contributed by atoms with Crippen molar-refractivity contribution in [2.24, 2.45) is 13.0 Å². The van der Waals surface area contributed by atoms with Crippen molar-refractivity contribution in [2.75, 3.05) is 7.05 Å². The third kappa shape index (κ3) is 5.02. The van der Waals surface area contributed by atoms with Crippen LogP contribution in [0.3, 0.4) is 0 Å². The van der Waals surface area contributed by atoms with Gasteiger partial charge in [0, 0.05) is 25.7 Å². The second-order valence-electron chi connectivity index (χ2n) is 9.11. The van der Waals surface area contributed by atoms with E-state index in [0.29, 0.717) is 12.0 Å². The molecule has 31 heavy (non-hydrogen) atoms. The molecule has 1 atom stereocenters. The molecule has 7 nitrogen and oxygen atoms in total. The zero-order valence-electron chi connectivity index (χ0n) is 19.1. The minimum Gasteiger partial charge on any atom is -0.490 e. The Balaban J connectivity index is 1.44. The van der Waals surface area contributed by atoms with Crippen molar-refractivity contribution in [2.45, 2.75) is 77.5 Å². The zero-order chi connectivity index (χ0) is 22.0. The third-order valence-corrected chi connectivity index (χ3v) is 6.77. The average molecular weight is 427 g/mol. The molecule has 168 valence electrons. The van der Waals surface area contributed by atoms with E-state index in [1.54, 1.807) is 9.58 Å². The van der Waals surface area contributed by atoms with Gasteiger partial charge in [-0.1, -0.05) is 11.6 Å². The van der Waals surface area contributed by atoms with Crippen LogP contribution in [0, 0.1) is 12.8 Å². The maximum absolute atomic E-state index is 12.5. The van der Waals surface area contributed by atoms with E-state index < -0.39 is 0 Å². The van der Waals surface area contributed by atoms with Gasteiger partial charge in [0.05, 0.1) is 6.10 Å². The summed E-state index contributed by atoms with van der Waals surface area (Å²) in [6.45, 7) is 4.28. The van der Waals surface area contributed by atoms with Crippen molar-refractivity contribution >= 4 is 6.09 Å². The van der Waals surface area contributed by atoms with Crippen LogP contribution in [0.2, 0.25) is 0 Å². The highest BCUT2D eigenvalue weighted by molar-refractivity contribution is 5.68. The van der Waals surface area contributed by atoms with Crippen LogP contribution in [0.4, 0.5) is 4.79 Å². The van der Waals surface area contributed by atoms with Gasteiger partial charge in [-0.15, -0.1) is 5.10 Å². The number of hydrogen-bond acceptors (Lipinski definition) is 5. The van der Waals surface area contributed by atoms with Crippen LogP contribution in [-0.2, 0) is 18.4 Å². The van der Waals surface area contributed by atoms with E-state index in [2.05, 4.69) is 30.2 Å². The molecule has 2 aromatic rings. The Morgan fingerprint density at radius 2 is 1.97 bits per heavy atom. The molecule has 0 spiro atoms. The first-order valence-electron chi connectivity index (χ1n) is 11.5. The van der Waals surface area contributed by atoms with E-state index in [1.807, 2.05) is 26.2 Å². The lowest BCUT2D eigenvalue weighted by atomic mass is 9.97. The lowest BCUT2D eigenvalue weighted by Gasteiger charge is -2.24. The molecular formula is C24H34N4O3. The van der Waals surface area contributed by atoms with Gasteiger partial charge in [0.2, 0.25) is 0 Å². The molecule has 4 rings (SSSR count). The summed E-state index contributed by atoms with van der Waals surface area (Å²) in [5.74, 6) is 1.53. The average Bonchev–Trinajstić information content (AvgIpc) is 3.56. The van der Waals surface area contributed by atoms with E-state index in [1.165, 1.54) is 32.1 Å². The van der Waals surface area contributed by atoms with Crippen LogP contribution in [0.15, 0.2) is 18.2 Å². The van der Waals surface area contributed by atoms with Crippen molar-refractivity contribution in [3.63, 3.8) is 0 Å². The lowest BCUT2D eigenvalue weighted by Crippen LogP contribution is -2.36. The van der Waals surface area contributed by atoms with Crippen LogP contribution in [0.1, 0.15) is 63.1 Å². The summed E-state index contributed by atoms with van der Waals surface area (Å²) in [7, 11) is 3.63. The van der Waals surface area contributed by atoms with Gasteiger partial charge in [0.1, 0.15) is 23.7 Å². The monoisotopic (exact) mass is 426 g/mol. The summed E-state index contributed by atoms with van der Waals surface area (Å²) < 4.78 is 13.5. The summed E-state index contributed by atoms with van der Waals surface area (Å²) in [5.41, 5.74) is 3.55. The van der Waals surface area contributed by atoms with Crippen LogP contribution in [0.5, 0.6) is 5.75 Å². The largest absolute Gasteiger partial charge is 0.490 e. The van der Waals surface area contributed by atoms with Crippen molar-refractivity contribution in [3.8, 4) is 17.0 Å². The number of aromatic nitrogens is 3. The summed E-state index contributed by atoms with van der Waals surface area (Å²) in [4.78, 5) is 14.2. The Hall–Kier alpha value is -2.57. The normalized spacial score (nSPS) is 17.9. The summed E-state index contributed by atoms with van der Waals surface area (Å²) >= 11 is 0. The number of ether oxygens (including phenoxy) is 2. The first kappa shape index (κ1) is 21.7. The van der Waals surface area contributed by atoms with Crippen LogP contribution in [-0.4, -0.2) is 45.2 Å². The fourth-order valence-electron chi connectivity index (χ4n) is 4.35. The van der Waals surface area contributed by atoms with E-state index in [-0.39, 0.29) is 18.7 Å². The third-order valence-electron chi connectivity index (χ3n) is 6.77. The first-order chi connectivity index (χ1) is 14.9. The Bertz CT molecular complexity index is 916. The van der Waals surface area contributed by atoms with Gasteiger partial charge < -0.3 is 14.4 Å². The highest BCUT2D eigenvalue weighted by Crippen LogP contribution is 2.35. The molecule has 1 heterocycles. The fourth-order valence-corrected chi connectivity index (χ4v) is 4.35. The standard InChI is InChI=1S/C24H34N4O3/c1-16-14-19(12-13-22(16)31-20-8-6-5-7-9-20)23-21(28(4)26-25-23)15-30-24(29)27(3)17(2)18-10-11-18/h12-14,17-18,20H,5-11,15H2,1-4H3/t17-/m1/s1. The number of nitrogens with zero attached hydrogens (tertiary/aromatic N) is 4. The van der Waals surface area contributed by atoms with E-state index in [9.17, 15) is 4.79 Å². The molecule has 1 aromatic heterocycles. The van der Waals surface area contributed by atoms with Gasteiger partial charge >= 0.3 is 6.09 Å². The second kappa shape index (κ2) is 9.28. The molecule has 2 aliphatic carbocycles. The first-order valence-corrected chi connectivity index (χ1v) is 11.5. The Morgan fingerprint density at radius 1 is 1.23 bits per heavy atom. The maximum Gasteiger partial charge on any atom is 0.410 e. The molecule has 7 heteroatoms. The molecule has 1 aromatic carbocycles. The van der Waals surface area contributed by atoms with Crippen molar-refractivity contribution in [1.82, 2.24) is 19.9 Å². The SMILES string of the molecule is Cc1cc(-c2nnn(C)c2COC(=O)N(C)[C@H](C)C2CC2)ccc1OC1CCCCC1. The molecule has 2 fully saturated rings. The molecule has 0 saturated heterocycles. The van der Waals surface area contributed by atoms with E-state index in [4.69, 9.17) is 9.47 Å². The second-order valence-corrected chi connectivity index (χ2v) is 9.11. The fraction of sp³-hybridized carbons (Fsp3) is 0.625. The van der Waals surface area contributed by atoms with Crippen molar-refractivity contribution in [1.29, 1.82) is 0 Å². The van der Waals surface area contributed by atoms with Crippen molar-refractivity contribution in [3.05, 3.63) is 29.5 Å².